The molecule has 2 aromatic carbocycles. The van der Waals surface area contributed by atoms with Gasteiger partial charge in [-0.1, -0.05) is 29.3 Å². The predicted octanol–water partition coefficient (Wildman–Crippen LogP) is 4.56. The predicted molar refractivity (Wildman–Crippen MR) is 70.9 cm³/mol. The van der Waals surface area contributed by atoms with Gasteiger partial charge in [-0.25, -0.2) is 4.39 Å². The van der Waals surface area contributed by atoms with Gasteiger partial charge in [-0.2, -0.15) is 0 Å². The van der Waals surface area contributed by atoms with Crippen molar-refractivity contribution in [3.8, 4) is 0 Å². The fraction of sp³-hybridized carbons (Fsp3) is 0.0714. The second-order valence-corrected chi connectivity index (χ2v) is 4.62. The summed E-state index contributed by atoms with van der Waals surface area (Å²) in [5.74, 6) is -0.521. The van der Waals surface area contributed by atoms with E-state index in [1.165, 1.54) is 24.3 Å². The van der Waals surface area contributed by atoms with E-state index in [2.05, 4.69) is 0 Å². The van der Waals surface area contributed by atoms with Gasteiger partial charge >= 0.3 is 0 Å². The van der Waals surface area contributed by atoms with Crippen molar-refractivity contribution in [2.24, 2.45) is 0 Å². The summed E-state index contributed by atoms with van der Waals surface area (Å²) in [4.78, 5) is 12.0. The molecule has 0 atom stereocenters. The number of benzene rings is 2. The highest BCUT2D eigenvalue weighted by Crippen LogP contribution is 2.25. The number of hydrogen-bond donors (Lipinski definition) is 0. The summed E-state index contributed by atoms with van der Waals surface area (Å²) in [6.07, 6.45) is 0.101. The lowest BCUT2D eigenvalue weighted by molar-refractivity contribution is 0.0993. The molecule has 2 aromatic rings. The van der Waals surface area contributed by atoms with Crippen molar-refractivity contribution < 1.29 is 9.18 Å². The molecule has 0 bridgehead atoms. The molecule has 18 heavy (non-hydrogen) atoms. The smallest absolute Gasteiger partial charge is 0.167 e. The minimum absolute atomic E-state index is 0.101. The number of halogens is 3. The van der Waals surface area contributed by atoms with Crippen molar-refractivity contribution in [3.05, 3.63) is 69.5 Å². The lowest BCUT2D eigenvalue weighted by atomic mass is 10.0. The number of hydrogen-bond acceptors (Lipinski definition) is 1. The molecule has 0 amide bonds. The molecular weight excluding hydrogens is 274 g/mol. The molecule has 0 unspecified atom stereocenters. The highest BCUT2D eigenvalue weighted by Gasteiger charge is 2.12. The second kappa shape index (κ2) is 5.51. The maximum absolute atomic E-state index is 12.8. The highest BCUT2D eigenvalue weighted by molar-refractivity contribution is 6.36. The van der Waals surface area contributed by atoms with Crippen LogP contribution in [0, 0.1) is 5.82 Å². The van der Waals surface area contributed by atoms with E-state index in [-0.39, 0.29) is 18.0 Å². The first-order valence-corrected chi connectivity index (χ1v) is 6.05. The Morgan fingerprint density at radius 1 is 1.00 bits per heavy atom. The van der Waals surface area contributed by atoms with Crippen LogP contribution in [0.5, 0.6) is 0 Å². The van der Waals surface area contributed by atoms with Crippen molar-refractivity contribution in [2.45, 2.75) is 6.42 Å². The maximum Gasteiger partial charge on any atom is 0.167 e. The van der Waals surface area contributed by atoms with Crippen LogP contribution in [0.1, 0.15) is 15.9 Å². The van der Waals surface area contributed by atoms with E-state index in [1.807, 2.05) is 0 Å². The van der Waals surface area contributed by atoms with Crippen LogP contribution in [0.15, 0.2) is 42.5 Å². The van der Waals surface area contributed by atoms with Crippen LogP contribution >= 0.6 is 23.2 Å². The molecule has 0 saturated heterocycles. The average molecular weight is 283 g/mol. The van der Waals surface area contributed by atoms with Gasteiger partial charge in [-0.05, 0) is 42.0 Å². The minimum atomic E-state index is -0.373. The fourth-order valence-electron chi connectivity index (χ4n) is 1.60. The Kier molecular flexibility index (Phi) is 4.00. The van der Waals surface area contributed by atoms with Gasteiger partial charge in [0.15, 0.2) is 5.78 Å². The second-order valence-electron chi connectivity index (χ2n) is 3.81. The van der Waals surface area contributed by atoms with E-state index >= 15 is 0 Å². The number of Topliss-reactive ketones (excluding diaryl/α,β-unsaturated/α-hetero) is 1. The molecule has 1 nitrogen and oxygen atoms in total. The zero-order valence-corrected chi connectivity index (χ0v) is 10.8. The number of carbonyl (C=O) groups is 1. The van der Waals surface area contributed by atoms with Crippen molar-refractivity contribution in [3.63, 3.8) is 0 Å². The van der Waals surface area contributed by atoms with Gasteiger partial charge in [0.05, 0.1) is 0 Å². The van der Waals surface area contributed by atoms with Crippen molar-refractivity contribution >= 4 is 29.0 Å². The zero-order valence-electron chi connectivity index (χ0n) is 9.29. The molecule has 0 radical (unpaired) electrons. The van der Waals surface area contributed by atoms with Crippen LogP contribution in [0.25, 0.3) is 0 Å². The molecule has 0 aliphatic rings. The minimum Gasteiger partial charge on any atom is -0.294 e. The van der Waals surface area contributed by atoms with E-state index in [4.69, 9.17) is 23.2 Å². The van der Waals surface area contributed by atoms with Gasteiger partial charge in [0.25, 0.3) is 0 Å². The Balaban J connectivity index is 2.24. The van der Waals surface area contributed by atoms with Crippen LogP contribution in [-0.4, -0.2) is 5.78 Å². The molecule has 2 rings (SSSR count). The third kappa shape index (κ3) is 2.89. The highest BCUT2D eigenvalue weighted by atomic mass is 35.5. The third-order valence-corrected chi connectivity index (χ3v) is 3.27. The fourth-order valence-corrected chi connectivity index (χ4v) is 2.13. The summed E-state index contributed by atoms with van der Waals surface area (Å²) in [6, 6.07) is 10.5. The van der Waals surface area contributed by atoms with Gasteiger partial charge in [0.1, 0.15) is 5.82 Å². The Bertz CT molecular complexity index is 559. The molecule has 0 aromatic heterocycles. The van der Waals surface area contributed by atoms with Crippen molar-refractivity contribution in [1.82, 2.24) is 0 Å². The Morgan fingerprint density at radius 3 is 2.11 bits per heavy atom. The maximum atomic E-state index is 12.8. The van der Waals surface area contributed by atoms with Crippen LogP contribution in [0.2, 0.25) is 10.0 Å². The van der Waals surface area contributed by atoms with Gasteiger partial charge in [0, 0.05) is 22.0 Å². The SMILES string of the molecule is O=C(Cc1c(Cl)cccc1Cl)c1ccc(F)cc1. The van der Waals surface area contributed by atoms with Gasteiger partial charge in [-0.3, -0.25) is 4.79 Å². The lowest BCUT2D eigenvalue weighted by Crippen LogP contribution is -2.04. The first-order chi connectivity index (χ1) is 8.58. The standard InChI is InChI=1S/C14H9Cl2FO/c15-12-2-1-3-13(16)11(12)8-14(18)9-4-6-10(17)7-5-9/h1-7H,8H2. The van der Waals surface area contributed by atoms with E-state index in [0.717, 1.165) is 0 Å². The summed E-state index contributed by atoms with van der Waals surface area (Å²) < 4.78 is 12.8. The third-order valence-electron chi connectivity index (χ3n) is 2.57. The molecule has 0 saturated carbocycles. The molecule has 0 N–H and O–H groups in total. The lowest BCUT2D eigenvalue weighted by Gasteiger charge is -2.06. The average Bonchev–Trinajstić information content (AvgIpc) is 2.34. The monoisotopic (exact) mass is 282 g/mol. The Morgan fingerprint density at radius 2 is 1.56 bits per heavy atom. The molecule has 92 valence electrons. The summed E-state index contributed by atoms with van der Waals surface area (Å²) in [5, 5.41) is 0.913. The van der Waals surface area contributed by atoms with E-state index in [9.17, 15) is 9.18 Å². The summed E-state index contributed by atoms with van der Waals surface area (Å²) >= 11 is 12.0. The summed E-state index contributed by atoms with van der Waals surface area (Å²) in [5.41, 5.74) is 1.03. The van der Waals surface area contributed by atoms with E-state index in [0.29, 0.717) is 21.2 Å². The molecule has 0 fully saturated rings. The molecule has 4 heteroatoms. The zero-order chi connectivity index (χ0) is 13.1. The van der Waals surface area contributed by atoms with Crippen LogP contribution in [0.4, 0.5) is 4.39 Å². The van der Waals surface area contributed by atoms with Gasteiger partial charge in [-0.15, -0.1) is 0 Å². The molecule has 0 spiro atoms. The van der Waals surface area contributed by atoms with Crippen molar-refractivity contribution in [1.29, 1.82) is 0 Å². The topological polar surface area (TPSA) is 17.1 Å². The van der Waals surface area contributed by atoms with Gasteiger partial charge < -0.3 is 0 Å². The number of carbonyl (C=O) groups excluding carboxylic acids is 1. The van der Waals surface area contributed by atoms with Crippen LogP contribution in [-0.2, 0) is 6.42 Å². The Labute approximate surface area is 114 Å². The normalized spacial score (nSPS) is 10.4. The molecule has 0 aliphatic heterocycles. The first-order valence-electron chi connectivity index (χ1n) is 5.29. The van der Waals surface area contributed by atoms with Crippen LogP contribution in [0.3, 0.4) is 0 Å². The molecular formula is C14H9Cl2FO. The first kappa shape index (κ1) is 13.1. The molecule has 0 aliphatic carbocycles. The number of ketones is 1. The van der Waals surface area contributed by atoms with Gasteiger partial charge in [0.2, 0.25) is 0 Å². The van der Waals surface area contributed by atoms with Crippen molar-refractivity contribution in [2.75, 3.05) is 0 Å². The van der Waals surface area contributed by atoms with E-state index in [1.54, 1.807) is 18.2 Å². The molecule has 0 heterocycles. The quantitative estimate of drug-likeness (QED) is 0.755. The largest absolute Gasteiger partial charge is 0.294 e. The summed E-state index contributed by atoms with van der Waals surface area (Å²) in [7, 11) is 0. The van der Waals surface area contributed by atoms with E-state index < -0.39 is 0 Å². The number of rotatable bonds is 3. The summed E-state index contributed by atoms with van der Waals surface area (Å²) in [6.45, 7) is 0. The van der Waals surface area contributed by atoms with Crippen LogP contribution < -0.4 is 0 Å². The Hall–Kier alpha value is -1.38.